The van der Waals surface area contributed by atoms with Gasteiger partial charge in [0.05, 0.1) is 0 Å². The highest BCUT2D eigenvalue weighted by atomic mass is 16.4. The molecule has 0 saturated heterocycles. The summed E-state index contributed by atoms with van der Waals surface area (Å²) in [6.07, 6.45) is -0.601. The van der Waals surface area contributed by atoms with Crippen LogP contribution in [0.25, 0.3) is 0 Å². The molecule has 0 rings (SSSR count). The summed E-state index contributed by atoms with van der Waals surface area (Å²) in [7, 11) is 0. The van der Waals surface area contributed by atoms with Crippen LogP contribution >= 0.6 is 0 Å². The van der Waals surface area contributed by atoms with Crippen molar-refractivity contribution in [1.82, 2.24) is 10.6 Å². The molecule has 0 heterocycles. The molecule has 0 aromatic rings. The summed E-state index contributed by atoms with van der Waals surface area (Å²) >= 11 is 0. The van der Waals surface area contributed by atoms with Gasteiger partial charge in [0.15, 0.2) is 0 Å². The number of carbonyl (C=O) groups is 4. The fourth-order valence-electron chi connectivity index (χ4n) is 1.30. The first-order valence-corrected chi connectivity index (χ1v) is 6.51. The molecule has 0 aromatic carbocycles. The maximum Gasteiger partial charge on any atom is 0.326 e. The zero-order chi connectivity index (χ0) is 16.8. The lowest BCUT2D eigenvalue weighted by molar-refractivity contribution is -0.143. The van der Waals surface area contributed by atoms with E-state index in [9.17, 15) is 19.2 Å². The van der Waals surface area contributed by atoms with Crippen LogP contribution in [-0.4, -0.2) is 46.0 Å². The number of amides is 2. The minimum atomic E-state index is -1.32. The average molecular weight is 302 g/mol. The smallest absolute Gasteiger partial charge is 0.326 e. The van der Waals surface area contributed by atoms with Crippen LogP contribution in [0.3, 0.4) is 0 Å². The van der Waals surface area contributed by atoms with Crippen LogP contribution in [0.1, 0.15) is 40.5 Å². The number of hydrogen-bond donors (Lipinski definition) is 4. The Hall–Kier alpha value is -2.12. The van der Waals surface area contributed by atoms with Crippen molar-refractivity contribution < 1.29 is 29.4 Å². The highest BCUT2D eigenvalue weighted by molar-refractivity contribution is 5.91. The predicted molar refractivity (Wildman–Crippen MR) is 73.5 cm³/mol. The summed E-state index contributed by atoms with van der Waals surface area (Å²) in [6.45, 7) is 6.47. The summed E-state index contributed by atoms with van der Waals surface area (Å²) in [5.74, 6) is -3.49. The Morgan fingerprint density at radius 2 is 1.57 bits per heavy atom. The van der Waals surface area contributed by atoms with E-state index in [2.05, 4.69) is 10.6 Å². The van der Waals surface area contributed by atoms with Crippen LogP contribution in [0.5, 0.6) is 0 Å². The lowest BCUT2D eigenvalue weighted by Gasteiger charge is -2.22. The lowest BCUT2D eigenvalue weighted by Crippen LogP contribution is -2.52. The largest absolute Gasteiger partial charge is 0.481 e. The fourth-order valence-corrected chi connectivity index (χ4v) is 1.30. The van der Waals surface area contributed by atoms with E-state index in [1.165, 1.54) is 6.92 Å². The van der Waals surface area contributed by atoms with Crippen molar-refractivity contribution in [1.29, 1.82) is 0 Å². The maximum atomic E-state index is 11.8. The Labute approximate surface area is 122 Å². The van der Waals surface area contributed by atoms with Crippen LogP contribution in [0.15, 0.2) is 0 Å². The molecule has 8 heteroatoms. The molecule has 0 saturated carbocycles. The first-order chi connectivity index (χ1) is 9.45. The van der Waals surface area contributed by atoms with Crippen LogP contribution in [-0.2, 0) is 19.2 Å². The molecule has 0 aliphatic carbocycles. The van der Waals surface area contributed by atoms with Crippen molar-refractivity contribution in [2.24, 2.45) is 5.41 Å². The second-order valence-electron chi connectivity index (χ2n) is 5.78. The summed E-state index contributed by atoms with van der Waals surface area (Å²) in [4.78, 5) is 45.0. The second-order valence-corrected chi connectivity index (χ2v) is 5.78. The van der Waals surface area contributed by atoms with Crippen molar-refractivity contribution >= 4 is 23.8 Å². The number of aliphatic carboxylic acids is 2. The molecule has 0 aromatic heterocycles. The molecule has 0 aliphatic rings. The van der Waals surface area contributed by atoms with Gasteiger partial charge in [-0.3, -0.25) is 14.4 Å². The van der Waals surface area contributed by atoms with Gasteiger partial charge in [0, 0.05) is 11.8 Å². The van der Waals surface area contributed by atoms with E-state index < -0.39 is 35.3 Å². The van der Waals surface area contributed by atoms with Gasteiger partial charge in [-0.2, -0.15) is 0 Å². The molecule has 120 valence electrons. The van der Waals surface area contributed by atoms with E-state index >= 15 is 0 Å². The molecule has 8 nitrogen and oxygen atoms in total. The number of carboxylic acid groups (broad SMARTS) is 2. The molecule has 21 heavy (non-hydrogen) atoms. The number of carboxylic acids is 2. The molecule has 0 aliphatic heterocycles. The summed E-state index contributed by atoms with van der Waals surface area (Å²) in [5, 5.41) is 22.1. The predicted octanol–water partition coefficient (Wildman–Crippen LogP) is -0.0286. The van der Waals surface area contributed by atoms with Crippen molar-refractivity contribution in [3.8, 4) is 0 Å². The minimum absolute atomic E-state index is 0.226. The maximum absolute atomic E-state index is 11.8. The molecule has 0 fully saturated rings. The lowest BCUT2D eigenvalue weighted by atomic mass is 9.95. The van der Waals surface area contributed by atoms with Gasteiger partial charge in [-0.15, -0.1) is 0 Å². The van der Waals surface area contributed by atoms with E-state index in [-0.39, 0.29) is 18.7 Å². The van der Waals surface area contributed by atoms with Gasteiger partial charge in [-0.05, 0) is 13.3 Å². The van der Waals surface area contributed by atoms with Crippen molar-refractivity contribution in [3.05, 3.63) is 0 Å². The van der Waals surface area contributed by atoms with Crippen molar-refractivity contribution in [2.75, 3.05) is 0 Å². The number of nitrogens with one attached hydrogen (secondary N) is 2. The third kappa shape index (κ3) is 7.28. The highest BCUT2D eigenvalue weighted by Crippen LogP contribution is 2.12. The van der Waals surface area contributed by atoms with E-state index in [1.807, 2.05) is 0 Å². The summed E-state index contributed by atoms with van der Waals surface area (Å²) in [5.41, 5.74) is -0.677. The van der Waals surface area contributed by atoms with Gasteiger partial charge < -0.3 is 20.8 Å². The van der Waals surface area contributed by atoms with Crippen LogP contribution in [0, 0.1) is 5.41 Å². The van der Waals surface area contributed by atoms with Gasteiger partial charge in [0.2, 0.25) is 11.8 Å². The average Bonchev–Trinajstić information content (AvgIpc) is 2.31. The Kier molecular flexibility index (Phi) is 6.84. The van der Waals surface area contributed by atoms with Crippen molar-refractivity contribution in [3.63, 3.8) is 0 Å². The van der Waals surface area contributed by atoms with Gasteiger partial charge in [0.1, 0.15) is 12.1 Å². The number of hydrogen-bond acceptors (Lipinski definition) is 4. The zero-order valence-corrected chi connectivity index (χ0v) is 12.6. The Bertz CT molecular complexity index is 427. The van der Waals surface area contributed by atoms with E-state index in [0.29, 0.717) is 0 Å². The van der Waals surface area contributed by atoms with Gasteiger partial charge >= 0.3 is 11.9 Å². The SMILES string of the molecule is CC(NC(=O)C(C)(C)C)C(=O)N[C@@H](CCC(=O)O)C(=O)O. The van der Waals surface area contributed by atoms with Gasteiger partial charge in [0.25, 0.3) is 0 Å². The first-order valence-electron chi connectivity index (χ1n) is 6.51. The summed E-state index contributed by atoms with van der Waals surface area (Å²) in [6, 6.07) is -2.22. The van der Waals surface area contributed by atoms with E-state index in [4.69, 9.17) is 10.2 Å². The fraction of sp³-hybridized carbons (Fsp3) is 0.692. The van der Waals surface area contributed by atoms with Gasteiger partial charge in [-0.1, -0.05) is 20.8 Å². The van der Waals surface area contributed by atoms with Crippen LogP contribution in [0.2, 0.25) is 0 Å². The first kappa shape index (κ1) is 18.9. The molecule has 0 spiro atoms. The standard InChI is InChI=1S/C13H22N2O6/c1-7(14-12(21)13(2,3)4)10(18)15-8(11(19)20)5-6-9(16)17/h7-8H,5-6H2,1-4H3,(H,14,21)(H,15,18)(H,16,17)(H,19,20)/t7?,8-/m0/s1. The Morgan fingerprint density at radius 1 is 1.05 bits per heavy atom. The summed E-state index contributed by atoms with van der Waals surface area (Å²) < 4.78 is 0. The Morgan fingerprint density at radius 3 is 1.95 bits per heavy atom. The molecule has 0 radical (unpaired) electrons. The third-order valence-electron chi connectivity index (χ3n) is 2.68. The molecule has 1 unspecified atom stereocenters. The molecule has 2 amide bonds. The molecule has 0 bridgehead atoms. The highest BCUT2D eigenvalue weighted by Gasteiger charge is 2.27. The second kappa shape index (κ2) is 7.61. The number of carbonyl (C=O) groups excluding carboxylic acids is 2. The van der Waals surface area contributed by atoms with E-state index in [1.54, 1.807) is 20.8 Å². The van der Waals surface area contributed by atoms with E-state index in [0.717, 1.165) is 0 Å². The molecule has 4 N–H and O–H groups in total. The van der Waals surface area contributed by atoms with Crippen LogP contribution in [0.4, 0.5) is 0 Å². The van der Waals surface area contributed by atoms with Crippen LogP contribution < -0.4 is 10.6 Å². The molecule has 2 atom stereocenters. The monoisotopic (exact) mass is 302 g/mol. The third-order valence-corrected chi connectivity index (χ3v) is 2.68. The normalized spacial score (nSPS) is 13.9. The van der Waals surface area contributed by atoms with Gasteiger partial charge in [-0.25, -0.2) is 4.79 Å². The topological polar surface area (TPSA) is 133 Å². The minimum Gasteiger partial charge on any atom is -0.481 e. The molecular weight excluding hydrogens is 280 g/mol. The number of rotatable bonds is 7. The zero-order valence-electron chi connectivity index (χ0n) is 12.6. The molecular formula is C13H22N2O6. The van der Waals surface area contributed by atoms with Crippen molar-refractivity contribution in [2.45, 2.75) is 52.6 Å². The quantitative estimate of drug-likeness (QED) is 0.522. The Balaban J connectivity index is 4.58.